The first-order valence-electron chi connectivity index (χ1n) is 5.02. The molecule has 0 aliphatic heterocycles. The van der Waals surface area contributed by atoms with E-state index in [0.29, 0.717) is 0 Å². The molecule has 93 valence electrons. The number of phenolic OH excluding ortho intramolecular Hbond substituents is 1. The van der Waals surface area contributed by atoms with Crippen LogP contribution in [-0.4, -0.2) is 11.5 Å². The van der Waals surface area contributed by atoms with E-state index in [1.165, 1.54) is 36.4 Å². The maximum Gasteiger partial charge on any atom is 0.573 e. The van der Waals surface area contributed by atoms with Crippen LogP contribution in [0.15, 0.2) is 42.5 Å². The predicted molar refractivity (Wildman–Crippen MR) is 59.1 cm³/mol. The van der Waals surface area contributed by atoms with Crippen molar-refractivity contribution in [1.29, 1.82) is 0 Å². The highest BCUT2D eigenvalue weighted by Crippen LogP contribution is 2.37. The van der Waals surface area contributed by atoms with Gasteiger partial charge in [-0.2, -0.15) is 0 Å². The highest BCUT2D eigenvalue weighted by atomic mass is 19.4. The highest BCUT2D eigenvalue weighted by Gasteiger charge is 2.32. The van der Waals surface area contributed by atoms with Gasteiger partial charge >= 0.3 is 6.36 Å². The van der Waals surface area contributed by atoms with Crippen LogP contribution in [0.3, 0.4) is 0 Å². The molecule has 1 radical (unpaired) electrons. The molecule has 0 amide bonds. The van der Waals surface area contributed by atoms with Crippen LogP contribution in [0.25, 0.3) is 11.1 Å². The highest BCUT2D eigenvalue weighted by molar-refractivity contribution is 5.74. The van der Waals surface area contributed by atoms with Gasteiger partial charge in [-0.15, -0.1) is 13.2 Å². The Labute approximate surface area is 101 Å². The van der Waals surface area contributed by atoms with E-state index in [0.717, 1.165) is 0 Å². The number of hydrogen-bond acceptors (Lipinski definition) is 2. The number of para-hydroxylation sites is 1. The summed E-state index contributed by atoms with van der Waals surface area (Å²) in [6.07, 6.45) is -4.78. The molecule has 2 aromatic carbocycles. The number of hydrogen-bond donors (Lipinski definition) is 1. The number of halogens is 3. The molecule has 0 spiro atoms. The number of rotatable bonds is 2. The van der Waals surface area contributed by atoms with Gasteiger partial charge in [0, 0.05) is 11.1 Å². The lowest BCUT2D eigenvalue weighted by Crippen LogP contribution is -2.17. The summed E-state index contributed by atoms with van der Waals surface area (Å²) in [5.74, 6) is -0.529. The summed E-state index contributed by atoms with van der Waals surface area (Å²) in [4.78, 5) is 0. The minimum absolute atomic E-state index is 0.132. The van der Waals surface area contributed by atoms with Gasteiger partial charge in [0.25, 0.3) is 0 Å². The minimum Gasteiger partial charge on any atom is -0.507 e. The molecule has 1 N–H and O–H groups in total. The van der Waals surface area contributed by atoms with Gasteiger partial charge in [0.1, 0.15) is 11.5 Å². The number of benzene rings is 2. The van der Waals surface area contributed by atoms with Gasteiger partial charge in [-0.25, -0.2) is 0 Å². The lowest BCUT2D eigenvalue weighted by Gasteiger charge is -2.13. The van der Waals surface area contributed by atoms with E-state index >= 15 is 0 Å². The van der Waals surface area contributed by atoms with Gasteiger partial charge in [0.2, 0.25) is 0 Å². The molecule has 0 aromatic heterocycles. The van der Waals surface area contributed by atoms with E-state index in [2.05, 4.69) is 10.8 Å². The first-order valence-corrected chi connectivity index (χ1v) is 5.02. The Hall–Kier alpha value is -2.17. The van der Waals surface area contributed by atoms with E-state index in [9.17, 15) is 18.3 Å². The molecule has 0 aliphatic rings. The van der Waals surface area contributed by atoms with Crippen molar-refractivity contribution in [2.24, 2.45) is 0 Å². The lowest BCUT2D eigenvalue weighted by atomic mass is 10.0. The Bertz CT molecular complexity index is 550. The quantitative estimate of drug-likeness (QED) is 0.883. The zero-order valence-corrected chi connectivity index (χ0v) is 9.03. The molecule has 2 aromatic rings. The smallest absolute Gasteiger partial charge is 0.507 e. The first kappa shape index (κ1) is 12.3. The summed E-state index contributed by atoms with van der Waals surface area (Å²) in [7, 11) is 0. The molecule has 0 fully saturated rings. The van der Waals surface area contributed by atoms with Gasteiger partial charge < -0.3 is 9.84 Å². The third-order valence-corrected chi connectivity index (χ3v) is 2.22. The summed E-state index contributed by atoms with van der Waals surface area (Å²) >= 11 is 0. The van der Waals surface area contributed by atoms with E-state index in [1.807, 2.05) is 0 Å². The van der Waals surface area contributed by atoms with Crippen LogP contribution in [0.2, 0.25) is 0 Å². The van der Waals surface area contributed by atoms with Crippen molar-refractivity contribution < 1.29 is 23.0 Å². The molecule has 18 heavy (non-hydrogen) atoms. The Morgan fingerprint density at radius 1 is 1.06 bits per heavy atom. The standard InChI is InChI=1S/C13H8F3O2/c14-13(15,16)18-12-8-4-2-6-10(12)9-5-1-3-7-11(9)17/h1-4,6-8,17H. The molecule has 0 bridgehead atoms. The topological polar surface area (TPSA) is 29.5 Å². The van der Waals surface area contributed by atoms with E-state index in [1.54, 1.807) is 6.07 Å². The average Bonchev–Trinajstić information content (AvgIpc) is 2.29. The number of ether oxygens (including phenoxy) is 1. The van der Waals surface area contributed by atoms with E-state index in [-0.39, 0.29) is 22.6 Å². The molecular formula is C13H8F3O2. The molecule has 0 aliphatic carbocycles. The molecule has 0 saturated heterocycles. The second-order valence-corrected chi connectivity index (χ2v) is 3.47. The van der Waals surface area contributed by atoms with Gasteiger partial charge in [0.05, 0.1) is 0 Å². The molecular weight excluding hydrogens is 245 g/mol. The fourth-order valence-corrected chi connectivity index (χ4v) is 1.53. The largest absolute Gasteiger partial charge is 0.573 e. The number of alkyl halides is 3. The fourth-order valence-electron chi connectivity index (χ4n) is 1.53. The molecule has 0 heterocycles. The number of phenols is 1. The SMILES string of the molecule is Oc1ccc[c]c1-c1ccccc1OC(F)(F)F. The fraction of sp³-hybridized carbons (Fsp3) is 0.0769. The third kappa shape index (κ3) is 2.74. The van der Waals surface area contributed by atoms with E-state index < -0.39 is 6.36 Å². The van der Waals surface area contributed by atoms with Crippen LogP contribution in [0, 0.1) is 6.07 Å². The normalized spacial score (nSPS) is 11.3. The molecule has 5 heteroatoms. The minimum atomic E-state index is -4.78. The second-order valence-electron chi connectivity index (χ2n) is 3.47. The second kappa shape index (κ2) is 4.60. The van der Waals surface area contributed by atoms with Crippen molar-refractivity contribution in [2.45, 2.75) is 6.36 Å². The van der Waals surface area contributed by atoms with E-state index in [4.69, 9.17) is 0 Å². The van der Waals surface area contributed by atoms with Crippen molar-refractivity contribution in [3.8, 4) is 22.6 Å². The van der Waals surface area contributed by atoms with Crippen molar-refractivity contribution in [3.63, 3.8) is 0 Å². The number of aromatic hydroxyl groups is 1. The maximum absolute atomic E-state index is 12.2. The first-order chi connectivity index (χ1) is 8.47. The van der Waals surface area contributed by atoms with Crippen molar-refractivity contribution >= 4 is 0 Å². The summed E-state index contributed by atoms with van der Waals surface area (Å²) in [5, 5.41) is 9.62. The van der Waals surface area contributed by atoms with Gasteiger partial charge in [-0.1, -0.05) is 30.3 Å². The summed E-state index contributed by atoms with van der Waals surface area (Å²) in [6, 6.07) is 12.7. The predicted octanol–water partition coefficient (Wildman–Crippen LogP) is 3.76. The monoisotopic (exact) mass is 253 g/mol. The van der Waals surface area contributed by atoms with Crippen LogP contribution in [-0.2, 0) is 0 Å². The lowest BCUT2D eigenvalue weighted by molar-refractivity contribution is -0.274. The average molecular weight is 253 g/mol. The molecule has 0 unspecified atom stereocenters. The van der Waals surface area contributed by atoms with Crippen LogP contribution >= 0.6 is 0 Å². The van der Waals surface area contributed by atoms with Crippen LogP contribution in [0.1, 0.15) is 0 Å². The molecule has 0 saturated carbocycles. The summed E-state index contributed by atoms with van der Waals surface area (Å²) < 4.78 is 40.6. The Morgan fingerprint density at radius 2 is 1.78 bits per heavy atom. The van der Waals surface area contributed by atoms with Gasteiger partial charge in [0.15, 0.2) is 0 Å². The van der Waals surface area contributed by atoms with Crippen molar-refractivity contribution in [2.75, 3.05) is 0 Å². The van der Waals surface area contributed by atoms with Crippen molar-refractivity contribution in [1.82, 2.24) is 0 Å². The zero-order valence-electron chi connectivity index (χ0n) is 9.03. The summed E-state index contributed by atoms with van der Waals surface area (Å²) in [5.41, 5.74) is 0.297. The van der Waals surface area contributed by atoms with Crippen LogP contribution < -0.4 is 4.74 Å². The van der Waals surface area contributed by atoms with Crippen LogP contribution in [0.5, 0.6) is 11.5 Å². The molecule has 0 atom stereocenters. The molecule has 2 nitrogen and oxygen atoms in total. The van der Waals surface area contributed by atoms with Gasteiger partial charge in [-0.3, -0.25) is 0 Å². The third-order valence-electron chi connectivity index (χ3n) is 2.22. The molecule has 2 rings (SSSR count). The van der Waals surface area contributed by atoms with Gasteiger partial charge in [-0.05, 0) is 18.2 Å². The zero-order chi connectivity index (χ0) is 13.2. The maximum atomic E-state index is 12.2. The Morgan fingerprint density at radius 3 is 2.44 bits per heavy atom. The Kier molecular flexibility index (Phi) is 3.14. The van der Waals surface area contributed by atoms with Crippen molar-refractivity contribution in [3.05, 3.63) is 48.5 Å². The van der Waals surface area contributed by atoms with Crippen LogP contribution in [0.4, 0.5) is 13.2 Å². The summed E-state index contributed by atoms with van der Waals surface area (Å²) in [6.45, 7) is 0. The Balaban J connectivity index is 2.49.